The molecule has 184 valence electrons. The van der Waals surface area contributed by atoms with Crippen LogP contribution in [-0.2, 0) is 13.5 Å². The van der Waals surface area contributed by atoms with E-state index in [4.69, 9.17) is 4.98 Å². The maximum Gasteiger partial charge on any atom is 0.352 e. The van der Waals surface area contributed by atoms with Gasteiger partial charge in [0.1, 0.15) is 5.82 Å². The molecule has 0 amide bonds. The molecule has 5 aromatic rings. The zero-order valence-electron chi connectivity index (χ0n) is 20.4. The van der Waals surface area contributed by atoms with Crippen LogP contribution in [0.2, 0.25) is 0 Å². The second-order valence-electron chi connectivity index (χ2n) is 9.32. The van der Waals surface area contributed by atoms with Crippen molar-refractivity contribution in [2.75, 3.05) is 6.54 Å². The average Bonchev–Trinajstić information content (AvgIpc) is 3.53. The van der Waals surface area contributed by atoms with Crippen molar-refractivity contribution in [3.8, 4) is 17.1 Å². The fourth-order valence-corrected chi connectivity index (χ4v) is 5.14. The maximum atomic E-state index is 15.4. The largest absolute Gasteiger partial charge is 0.352 e. The molecule has 1 aliphatic heterocycles. The number of fused-ring (bicyclic) bond motifs is 2. The number of aryl methyl sites for hydroxylation is 3. The van der Waals surface area contributed by atoms with Crippen LogP contribution in [0.1, 0.15) is 35.5 Å². The quantitative estimate of drug-likeness (QED) is 0.418. The van der Waals surface area contributed by atoms with Crippen LogP contribution < -0.4 is 11.0 Å². The van der Waals surface area contributed by atoms with E-state index in [0.717, 1.165) is 17.9 Å². The lowest BCUT2D eigenvalue weighted by atomic mass is 10.1. The van der Waals surface area contributed by atoms with Gasteiger partial charge < -0.3 is 5.32 Å². The lowest BCUT2D eigenvalue weighted by molar-refractivity contribution is 0.479. The second-order valence-corrected chi connectivity index (χ2v) is 9.32. The molecule has 10 heteroatoms. The van der Waals surface area contributed by atoms with Gasteiger partial charge in [0.25, 0.3) is 0 Å². The molecule has 0 unspecified atom stereocenters. The molecular formula is C26H25F2N7O. The molecule has 2 aromatic carbocycles. The van der Waals surface area contributed by atoms with Gasteiger partial charge in [0.15, 0.2) is 11.6 Å². The van der Waals surface area contributed by atoms with E-state index >= 15 is 4.39 Å². The standard InChI is InChI=1S/C26H25F2N7O/c1-14-11-17(12-15(2)22(14)27)25-31-19-7-8-29-16(3)24(19)35(25)34-10-9-33(26(34)36)21-6-5-20-18(23(21)28)13-30-32(20)4/h5-6,9-13,16,29H,7-8H2,1-4H3/t16-/m0/s1. The van der Waals surface area contributed by atoms with Crippen LogP contribution in [0, 0.1) is 25.5 Å². The first-order valence-electron chi connectivity index (χ1n) is 11.8. The third-order valence-electron chi connectivity index (χ3n) is 6.96. The van der Waals surface area contributed by atoms with E-state index < -0.39 is 11.5 Å². The van der Waals surface area contributed by atoms with Gasteiger partial charge in [-0.2, -0.15) is 5.10 Å². The Morgan fingerprint density at radius 2 is 1.83 bits per heavy atom. The number of rotatable bonds is 3. The fraction of sp³-hybridized carbons (Fsp3) is 0.269. The van der Waals surface area contributed by atoms with E-state index in [-0.39, 0.29) is 17.5 Å². The number of hydrogen-bond acceptors (Lipinski definition) is 4. The van der Waals surface area contributed by atoms with Crippen molar-refractivity contribution in [3.63, 3.8) is 0 Å². The van der Waals surface area contributed by atoms with Gasteiger partial charge in [-0.25, -0.2) is 27.9 Å². The highest BCUT2D eigenvalue weighted by Gasteiger charge is 2.28. The minimum absolute atomic E-state index is 0.0728. The molecule has 0 saturated carbocycles. The summed E-state index contributed by atoms with van der Waals surface area (Å²) in [6.07, 6.45) is 5.29. The Kier molecular flexibility index (Phi) is 4.97. The second kappa shape index (κ2) is 7.99. The molecule has 6 rings (SSSR count). The van der Waals surface area contributed by atoms with E-state index in [2.05, 4.69) is 10.4 Å². The molecule has 1 N–H and O–H groups in total. The fourth-order valence-electron chi connectivity index (χ4n) is 5.14. The predicted molar refractivity (Wildman–Crippen MR) is 132 cm³/mol. The van der Waals surface area contributed by atoms with Gasteiger partial charge in [0, 0.05) is 44.0 Å². The molecule has 0 bridgehead atoms. The minimum atomic E-state index is -0.520. The first kappa shape index (κ1) is 22.4. The Morgan fingerprint density at radius 3 is 2.58 bits per heavy atom. The highest BCUT2D eigenvalue weighted by molar-refractivity contribution is 5.81. The zero-order chi connectivity index (χ0) is 25.3. The van der Waals surface area contributed by atoms with Gasteiger partial charge >= 0.3 is 5.69 Å². The molecular weight excluding hydrogens is 464 g/mol. The number of imidazole rings is 2. The Labute approximate surface area is 205 Å². The smallest absolute Gasteiger partial charge is 0.308 e. The predicted octanol–water partition coefficient (Wildman–Crippen LogP) is 3.80. The molecule has 0 fully saturated rings. The van der Waals surface area contributed by atoms with E-state index in [0.29, 0.717) is 39.8 Å². The highest BCUT2D eigenvalue weighted by atomic mass is 19.1. The maximum absolute atomic E-state index is 15.4. The number of halogens is 2. The first-order valence-corrected chi connectivity index (χ1v) is 11.8. The molecule has 4 heterocycles. The molecule has 0 saturated heterocycles. The summed E-state index contributed by atoms with van der Waals surface area (Å²) in [5.74, 6) is -0.251. The summed E-state index contributed by atoms with van der Waals surface area (Å²) in [6.45, 7) is 6.20. The van der Waals surface area contributed by atoms with Gasteiger partial charge in [-0.05, 0) is 56.2 Å². The Bertz CT molecular complexity index is 1700. The molecule has 8 nitrogen and oxygen atoms in total. The molecule has 0 aliphatic carbocycles. The van der Waals surface area contributed by atoms with E-state index in [1.807, 2.05) is 6.92 Å². The van der Waals surface area contributed by atoms with Crippen LogP contribution in [0.4, 0.5) is 8.78 Å². The molecule has 36 heavy (non-hydrogen) atoms. The van der Waals surface area contributed by atoms with Crippen LogP contribution in [0.15, 0.2) is 47.7 Å². The van der Waals surface area contributed by atoms with Gasteiger partial charge in [0.05, 0.1) is 34.2 Å². The summed E-state index contributed by atoms with van der Waals surface area (Å²) in [7, 11) is 1.74. The molecule has 0 radical (unpaired) electrons. The van der Waals surface area contributed by atoms with Gasteiger partial charge in [-0.15, -0.1) is 0 Å². The molecule has 1 aliphatic rings. The first-order chi connectivity index (χ1) is 17.3. The summed E-state index contributed by atoms with van der Waals surface area (Å²) in [5.41, 5.74) is 3.74. The topological polar surface area (TPSA) is 74.6 Å². The third kappa shape index (κ3) is 3.17. The van der Waals surface area contributed by atoms with Crippen LogP contribution >= 0.6 is 0 Å². The number of aromatic nitrogens is 6. The monoisotopic (exact) mass is 489 g/mol. The van der Waals surface area contributed by atoms with E-state index in [9.17, 15) is 9.18 Å². The van der Waals surface area contributed by atoms with Crippen LogP contribution in [-0.4, -0.2) is 35.2 Å². The van der Waals surface area contributed by atoms with Crippen LogP contribution in [0.5, 0.6) is 0 Å². The highest BCUT2D eigenvalue weighted by Crippen LogP contribution is 2.31. The third-order valence-corrected chi connectivity index (χ3v) is 6.96. The van der Waals surface area contributed by atoms with Crippen molar-refractivity contribution in [2.45, 2.75) is 33.2 Å². The molecule has 1 atom stereocenters. The van der Waals surface area contributed by atoms with Crippen molar-refractivity contribution in [3.05, 3.63) is 87.5 Å². The molecule has 3 aromatic heterocycles. The van der Waals surface area contributed by atoms with Gasteiger partial charge in [-0.1, -0.05) is 0 Å². The lowest BCUT2D eigenvalue weighted by Crippen LogP contribution is -2.34. The number of nitrogens with one attached hydrogen (secondary N) is 1. The minimum Gasteiger partial charge on any atom is -0.308 e. The summed E-state index contributed by atoms with van der Waals surface area (Å²) in [4.78, 5) is 18.6. The van der Waals surface area contributed by atoms with Crippen molar-refractivity contribution in [2.24, 2.45) is 7.05 Å². The SMILES string of the molecule is Cc1cc(-c2nc3c(n2-n2ccn(-c4ccc5c(cnn5C)c4F)c2=O)[C@H](C)NCC3)cc(C)c1F. The number of nitrogens with zero attached hydrogens (tertiary/aromatic N) is 6. The summed E-state index contributed by atoms with van der Waals surface area (Å²) < 4.78 is 35.9. The summed E-state index contributed by atoms with van der Waals surface area (Å²) in [6, 6.07) is 6.72. The number of hydrogen-bond donors (Lipinski definition) is 1. The Hall–Kier alpha value is -4.05. The van der Waals surface area contributed by atoms with Crippen molar-refractivity contribution in [1.29, 1.82) is 0 Å². The summed E-state index contributed by atoms with van der Waals surface area (Å²) in [5, 5.41) is 7.88. The summed E-state index contributed by atoms with van der Waals surface area (Å²) >= 11 is 0. The average molecular weight is 490 g/mol. The van der Waals surface area contributed by atoms with Crippen LogP contribution in [0.25, 0.3) is 28.0 Å². The molecule has 0 spiro atoms. The van der Waals surface area contributed by atoms with Gasteiger partial charge in [-0.3, -0.25) is 9.25 Å². The van der Waals surface area contributed by atoms with Crippen molar-refractivity contribution >= 4 is 10.9 Å². The van der Waals surface area contributed by atoms with Crippen molar-refractivity contribution in [1.82, 2.24) is 34.0 Å². The van der Waals surface area contributed by atoms with Crippen molar-refractivity contribution < 1.29 is 8.78 Å². The van der Waals surface area contributed by atoms with Gasteiger partial charge in [0.2, 0.25) is 0 Å². The normalized spacial score (nSPS) is 15.6. The Morgan fingerprint density at radius 1 is 1.08 bits per heavy atom. The number of benzene rings is 2. The Balaban J connectivity index is 1.59. The lowest BCUT2D eigenvalue weighted by Gasteiger charge is -2.22. The van der Waals surface area contributed by atoms with Crippen LogP contribution in [0.3, 0.4) is 0 Å². The van der Waals surface area contributed by atoms with E-state index in [1.165, 1.54) is 15.4 Å². The zero-order valence-corrected chi connectivity index (χ0v) is 20.4. The van der Waals surface area contributed by atoms with E-state index in [1.54, 1.807) is 66.9 Å².